The Balaban J connectivity index is 1.22. The van der Waals surface area contributed by atoms with Crippen molar-refractivity contribution in [2.75, 3.05) is 13.1 Å². The first kappa shape index (κ1) is 30.7. The van der Waals surface area contributed by atoms with Crippen molar-refractivity contribution in [2.45, 2.75) is 131 Å². The summed E-state index contributed by atoms with van der Waals surface area (Å²) in [5.74, 6) is 4.64. The number of hydrogen-bond acceptors (Lipinski definition) is 4. The monoisotopic (exact) mass is 537 g/mol. The molecule has 1 aromatic heterocycles. The van der Waals surface area contributed by atoms with Crippen LogP contribution in [0.4, 0.5) is 0 Å². The van der Waals surface area contributed by atoms with Crippen LogP contribution in [0.15, 0.2) is 24.4 Å². The van der Waals surface area contributed by atoms with Crippen molar-refractivity contribution in [1.29, 1.82) is 0 Å². The number of pyridine rings is 1. The van der Waals surface area contributed by atoms with Gasteiger partial charge in [-0.05, 0) is 143 Å². The van der Waals surface area contributed by atoms with Crippen molar-refractivity contribution in [2.24, 2.45) is 40.4 Å². The smallest absolute Gasteiger partial charge is 0.129 e. The number of nitrogens with zero attached hydrogens (tertiary/aromatic N) is 1. The zero-order valence-corrected chi connectivity index (χ0v) is 25.9. The molecule has 4 rings (SSSR count). The summed E-state index contributed by atoms with van der Waals surface area (Å²) in [6.07, 6.45) is 18.6. The van der Waals surface area contributed by atoms with Crippen LogP contribution < -0.4 is 10.6 Å². The lowest BCUT2D eigenvalue weighted by molar-refractivity contribution is -0.117. The minimum absolute atomic E-state index is 0.365. The number of carbonyl (C=O) groups excluding carboxylic acids is 1. The third-order valence-corrected chi connectivity index (χ3v) is 12.1. The first-order chi connectivity index (χ1) is 18.8. The van der Waals surface area contributed by atoms with Crippen LogP contribution in [0.3, 0.4) is 0 Å². The van der Waals surface area contributed by atoms with Gasteiger partial charge in [0.1, 0.15) is 5.78 Å². The summed E-state index contributed by atoms with van der Waals surface area (Å²) in [5.41, 5.74) is 2.13. The molecule has 0 aliphatic heterocycles. The van der Waals surface area contributed by atoms with Crippen molar-refractivity contribution in [3.05, 3.63) is 30.1 Å². The van der Waals surface area contributed by atoms with Crippen molar-refractivity contribution in [3.63, 3.8) is 0 Å². The van der Waals surface area contributed by atoms with E-state index in [0.29, 0.717) is 22.7 Å². The van der Waals surface area contributed by atoms with Gasteiger partial charge < -0.3 is 15.4 Å². The molecule has 4 heteroatoms. The summed E-state index contributed by atoms with van der Waals surface area (Å²) in [6.45, 7) is 15.2. The van der Waals surface area contributed by atoms with Gasteiger partial charge in [0.2, 0.25) is 0 Å². The number of nitrogens with one attached hydrogen (secondary N) is 2. The van der Waals surface area contributed by atoms with Crippen molar-refractivity contribution in [3.8, 4) is 0 Å². The van der Waals surface area contributed by atoms with Gasteiger partial charge in [-0.3, -0.25) is 4.98 Å². The third-order valence-electron chi connectivity index (χ3n) is 12.1. The normalized spacial score (nSPS) is 36.5. The molecule has 3 saturated carbocycles. The van der Waals surface area contributed by atoms with Gasteiger partial charge in [-0.2, -0.15) is 0 Å². The van der Waals surface area contributed by atoms with E-state index in [2.05, 4.69) is 55.4 Å². The van der Waals surface area contributed by atoms with Gasteiger partial charge in [0.15, 0.2) is 0 Å². The molecular formula is C35H59N3O. The van der Waals surface area contributed by atoms with E-state index in [4.69, 9.17) is 0 Å². The van der Waals surface area contributed by atoms with E-state index in [-0.39, 0.29) is 0 Å². The number of Topliss-reactive ketones (excluding diaryl/α,β-unsaturated/α-hetero) is 1. The van der Waals surface area contributed by atoms with Crippen LogP contribution in [0.1, 0.15) is 124 Å². The highest BCUT2D eigenvalue weighted by atomic mass is 16.1. The second-order valence-electron chi connectivity index (χ2n) is 14.2. The van der Waals surface area contributed by atoms with E-state index in [0.717, 1.165) is 67.8 Å². The number of aromatic nitrogens is 1. The molecule has 3 fully saturated rings. The van der Waals surface area contributed by atoms with Crippen LogP contribution in [-0.2, 0) is 11.3 Å². The van der Waals surface area contributed by atoms with Gasteiger partial charge in [0.25, 0.3) is 0 Å². The van der Waals surface area contributed by atoms with Gasteiger partial charge in [0.05, 0.1) is 5.69 Å². The molecule has 1 heterocycles. The van der Waals surface area contributed by atoms with E-state index < -0.39 is 0 Å². The van der Waals surface area contributed by atoms with Gasteiger partial charge >= 0.3 is 0 Å². The van der Waals surface area contributed by atoms with E-state index in [9.17, 15) is 4.79 Å². The topological polar surface area (TPSA) is 54.0 Å². The van der Waals surface area contributed by atoms with E-state index in [1.165, 1.54) is 70.6 Å². The zero-order chi connectivity index (χ0) is 27.9. The highest BCUT2D eigenvalue weighted by Crippen LogP contribution is 2.64. The number of unbranched alkanes of at least 4 members (excludes halogenated alkanes) is 1. The van der Waals surface area contributed by atoms with Gasteiger partial charge in [-0.1, -0.05) is 40.2 Å². The molecule has 3 aliphatic carbocycles. The van der Waals surface area contributed by atoms with Crippen LogP contribution in [-0.4, -0.2) is 29.9 Å². The quantitative estimate of drug-likeness (QED) is 0.236. The van der Waals surface area contributed by atoms with Gasteiger partial charge in [-0.15, -0.1) is 0 Å². The minimum Gasteiger partial charge on any atom is -0.314 e. The Labute approximate surface area is 240 Å². The van der Waals surface area contributed by atoms with Crippen LogP contribution in [0.5, 0.6) is 0 Å². The van der Waals surface area contributed by atoms with Crippen molar-refractivity contribution in [1.82, 2.24) is 15.6 Å². The number of carbonyl (C=O) groups is 1. The predicted octanol–water partition coefficient (Wildman–Crippen LogP) is 7.96. The Morgan fingerprint density at radius 1 is 0.974 bits per heavy atom. The molecule has 8 atom stereocenters. The summed E-state index contributed by atoms with van der Waals surface area (Å²) >= 11 is 0. The average molecular weight is 538 g/mol. The molecule has 220 valence electrons. The molecule has 3 aliphatic rings. The molecular weight excluding hydrogens is 478 g/mol. The number of ketones is 1. The standard InChI is InChI=1S/C35H59N3O/c1-6-28-24-30(37-23-10-9-21-36-25-31-14-7-8-22-38-31)17-19-34(28,4)33-18-20-35(5)29(13-11-12-26(2)39)15-16-32(35)27(33)3/h7-8,14,22,27-30,32-33,36-37H,6,9-13,15-21,23-25H2,1-5H3. The lowest BCUT2D eigenvalue weighted by atomic mass is 9.48. The van der Waals surface area contributed by atoms with Gasteiger partial charge in [0, 0.05) is 25.2 Å². The van der Waals surface area contributed by atoms with Crippen LogP contribution in [0, 0.1) is 40.4 Å². The maximum absolute atomic E-state index is 11.5. The first-order valence-corrected chi connectivity index (χ1v) is 16.6. The number of fused-ring (bicyclic) bond motifs is 1. The Morgan fingerprint density at radius 3 is 2.46 bits per heavy atom. The SMILES string of the molecule is CCC1CC(NCCCCNCc2ccccn2)CCC1(C)C1CCC2(C)C(CCCC(C)=O)CCC2C1C. The number of hydrogen-bond donors (Lipinski definition) is 2. The van der Waals surface area contributed by atoms with Crippen LogP contribution in [0.2, 0.25) is 0 Å². The molecule has 0 aromatic carbocycles. The average Bonchev–Trinajstić information content (AvgIpc) is 3.26. The lowest BCUT2D eigenvalue weighted by Crippen LogP contribution is -2.51. The molecule has 2 N–H and O–H groups in total. The number of rotatable bonds is 14. The Bertz CT molecular complexity index is 889. The summed E-state index contributed by atoms with van der Waals surface area (Å²) in [5, 5.41) is 7.50. The Hall–Kier alpha value is -1.26. The Kier molecular flexibility index (Phi) is 11.1. The highest BCUT2D eigenvalue weighted by Gasteiger charge is 2.56. The second kappa shape index (κ2) is 14.1. The molecule has 8 unspecified atom stereocenters. The van der Waals surface area contributed by atoms with E-state index in [1.54, 1.807) is 6.92 Å². The third kappa shape index (κ3) is 7.34. The molecule has 4 nitrogen and oxygen atoms in total. The predicted molar refractivity (Wildman–Crippen MR) is 163 cm³/mol. The molecule has 0 saturated heterocycles. The summed E-state index contributed by atoms with van der Waals surface area (Å²) in [6, 6.07) is 6.82. The lowest BCUT2D eigenvalue weighted by Gasteiger charge is -2.57. The second-order valence-corrected chi connectivity index (χ2v) is 14.2. The fraction of sp³-hybridized carbons (Fsp3) is 0.829. The van der Waals surface area contributed by atoms with E-state index in [1.807, 2.05) is 12.3 Å². The summed E-state index contributed by atoms with van der Waals surface area (Å²) < 4.78 is 0. The summed E-state index contributed by atoms with van der Waals surface area (Å²) in [7, 11) is 0. The molecule has 0 bridgehead atoms. The highest BCUT2D eigenvalue weighted by molar-refractivity contribution is 5.75. The van der Waals surface area contributed by atoms with Crippen molar-refractivity contribution < 1.29 is 4.79 Å². The van der Waals surface area contributed by atoms with Crippen LogP contribution in [0.25, 0.3) is 0 Å². The minimum atomic E-state index is 0.365. The molecule has 39 heavy (non-hydrogen) atoms. The largest absolute Gasteiger partial charge is 0.314 e. The Morgan fingerprint density at radius 2 is 1.72 bits per heavy atom. The van der Waals surface area contributed by atoms with Crippen molar-refractivity contribution >= 4 is 5.78 Å². The van der Waals surface area contributed by atoms with Gasteiger partial charge in [-0.25, -0.2) is 0 Å². The molecule has 0 spiro atoms. The fourth-order valence-corrected chi connectivity index (χ4v) is 9.73. The summed E-state index contributed by atoms with van der Waals surface area (Å²) in [4.78, 5) is 15.9. The molecule has 0 radical (unpaired) electrons. The zero-order valence-electron chi connectivity index (χ0n) is 25.9. The first-order valence-electron chi connectivity index (χ1n) is 16.6. The maximum Gasteiger partial charge on any atom is 0.129 e. The maximum atomic E-state index is 11.5. The molecule has 0 amide bonds. The molecule has 1 aromatic rings. The fourth-order valence-electron chi connectivity index (χ4n) is 9.73. The van der Waals surface area contributed by atoms with Crippen LogP contribution >= 0.6 is 0 Å². The van der Waals surface area contributed by atoms with E-state index >= 15 is 0 Å².